The van der Waals surface area contributed by atoms with Crippen LogP contribution in [0.15, 0.2) is 18.2 Å². The molecule has 1 N–H and O–H groups in total. The second kappa shape index (κ2) is 4.44. The molecule has 1 aromatic carbocycles. The maximum absolute atomic E-state index is 12.6. The van der Waals surface area contributed by atoms with E-state index in [1.807, 2.05) is 25.2 Å². The van der Waals surface area contributed by atoms with Gasteiger partial charge in [0, 0.05) is 7.05 Å². The maximum Gasteiger partial charge on any atom is 0.250 e. The summed E-state index contributed by atoms with van der Waals surface area (Å²) in [6.07, 6.45) is 5.30. The minimum absolute atomic E-state index is 0.135. The number of carbonyl (C=O) groups is 1. The van der Waals surface area contributed by atoms with Crippen LogP contribution in [0, 0.1) is 0 Å². The fraction of sp³-hybridized carbons (Fsp3) is 0.533. The van der Waals surface area contributed by atoms with E-state index in [1.165, 1.54) is 6.42 Å². The number of rotatable bonds is 1. The lowest BCUT2D eigenvalue weighted by Crippen LogP contribution is -2.59. The number of likely N-dealkylation sites (N-methyl/N-ethyl adjacent to an activating group) is 1. The molecule has 0 radical (unpaired) electrons. The number of hydrogen-bond acceptors (Lipinski definition) is 3. The fourth-order valence-corrected chi connectivity index (χ4v) is 3.44. The van der Waals surface area contributed by atoms with Gasteiger partial charge in [0.15, 0.2) is 0 Å². The lowest BCUT2D eigenvalue weighted by molar-refractivity contribution is -0.122. The molecule has 3 rings (SSSR count). The number of methoxy groups -OCH3 is 1. The monoisotopic (exact) mass is 260 g/mol. The largest absolute Gasteiger partial charge is 0.495 e. The average molecular weight is 260 g/mol. The van der Waals surface area contributed by atoms with Gasteiger partial charge in [0.25, 0.3) is 0 Å². The highest BCUT2D eigenvalue weighted by molar-refractivity contribution is 6.07. The first kappa shape index (κ1) is 12.3. The van der Waals surface area contributed by atoms with Crippen LogP contribution in [0.5, 0.6) is 5.75 Å². The van der Waals surface area contributed by atoms with E-state index in [0.717, 1.165) is 42.8 Å². The molecule has 1 spiro atoms. The van der Waals surface area contributed by atoms with Crippen molar-refractivity contribution in [2.24, 2.45) is 0 Å². The quantitative estimate of drug-likeness (QED) is 0.844. The molecule has 1 amide bonds. The number of anilines is 2. The number of nitrogens with one attached hydrogen (secondary N) is 1. The molecule has 1 fully saturated rings. The Hall–Kier alpha value is -1.71. The third-order valence-electron chi connectivity index (χ3n) is 4.55. The third kappa shape index (κ3) is 1.70. The van der Waals surface area contributed by atoms with Crippen LogP contribution >= 0.6 is 0 Å². The summed E-state index contributed by atoms with van der Waals surface area (Å²) in [7, 11) is 3.69. The topological polar surface area (TPSA) is 41.6 Å². The predicted molar refractivity (Wildman–Crippen MR) is 75.8 cm³/mol. The van der Waals surface area contributed by atoms with E-state index >= 15 is 0 Å². The smallest absolute Gasteiger partial charge is 0.250 e. The first-order valence-electron chi connectivity index (χ1n) is 6.91. The molecule has 0 bridgehead atoms. The standard InChI is InChI=1S/C15H20N2O2/c1-17-13-11(7-6-8-12(13)19-2)16-14(18)15(17)9-4-3-5-10-15/h6-8H,3-5,9-10H2,1-2H3,(H,16,18). The molecular formula is C15H20N2O2. The molecule has 0 atom stereocenters. The van der Waals surface area contributed by atoms with Gasteiger partial charge in [-0.25, -0.2) is 0 Å². The molecule has 1 heterocycles. The number of fused-ring (bicyclic) bond motifs is 1. The zero-order chi connectivity index (χ0) is 13.5. The number of ether oxygens (including phenoxy) is 1. The molecule has 19 heavy (non-hydrogen) atoms. The van der Waals surface area contributed by atoms with Crippen molar-refractivity contribution >= 4 is 17.3 Å². The van der Waals surface area contributed by atoms with E-state index < -0.39 is 0 Å². The van der Waals surface area contributed by atoms with Crippen molar-refractivity contribution in [1.29, 1.82) is 0 Å². The van der Waals surface area contributed by atoms with Crippen molar-refractivity contribution in [2.75, 3.05) is 24.4 Å². The van der Waals surface area contributed by atoms with Crippen LogP contribution in [0.2, 0.25) is 0 Å². The van der Waals surface area contributed by atoms with Crippen molar-refractivity contribution < 1.29 is 9.53 Å². The summed E-state index contributed by atoms with van der Waals surface area (Å²) in [6, 6.07) is 5.79. The molecule has 1 aliphatic heterocycles. The Bertz CT molecular complexity index is 507. The zero-order valence-corrected chi connectivity index (χ0v) is 11.5. The van der Waals surface area contributed by atoms with Crippen molar-refractivity contribution in [2.45, 2.75) is 37.6 Å². The molecule has 102 valence electrons. The van der Waals surface area contributed by atoms with Crippen LogP contribution < -0.4 is 15.0 Å². The number of carbonyl (C=O) groups excluding carboxylic acids is 1. The van der Waals surface area contributed by atoms with Gasteiger partial charge in [-0.3, -0.25) is 4.79 Å². The number of amides is 1. The summed E-state index contributed by atoms with van der Waals surface area (Å²) in [6.45, 7) is 0. The molecule has 1 aromatic rings. The first-order valence-corrected chi connectivity index (χ1v) is 6.91. The van der Waals surface area contributed by atoms with E-state index in [2.05, 4.69) is 10.2 Å². The number of para-hydroxylation sites is 1. The van der Waals surface area contributed by atoms with Gasteiger partial charge in [0.05, 0.1) is 12.8 Å². The maximum atomic E-state index is 12.6. The molecule has 0 saturated heterocycles. The Labute approximate surface area is 113 Å². The third-order valence-corrected chi connectivity index (χ3v) is 4.55. The van der Waals surface area contributed by atoms with Crippen LogP contribution in [-0.4, -0.2) is 25.6 Å². The predicted octanol–water partition coefficient (Wildman–Crippen LogP) is 2.79. The van der Waals surface area contributed by atoms with E-state index in [4.69, 9.17) is 4.74 Å². The number of hydrogen-bond donors (Lipinski definition) is 1. The van der Waals surface area contributed by atoms with Gasteiger partial charge < -0.3 is 15.0 Å². The summed E-state index contributed by atoms with van der Waals surface area (Å²) >= 11 is 0. The normalized spacial score (nSPS) is 20.9. The Morgan fingerprint density at radius 1 is 1.26 bits per heavy atom. The number of benzene rings is 1. The first-order chi connectivity index (χ1) is 9.19. The summed E-state index contributed by atoms with van der Waals surface area (Å²) in [5.41, 5.74) is 1.47. The Kier molecular flexibility index (Phi) is 2.88. The minimum atomic E-state index is -0.389. The van der Waals surface area contributed by atoms with E-state index in [0.29, 0.717) is 0 Å². The van der Waals surface area contributed by atoms with Gasteiger partial charge in [0.2, 0.25) is 5.91 Å². The summed E-state index contributed by atoms with van der Waals surface area (Å²) < 4.78 is 5.46. The van der Waals surface area contributed by atoms with Crippen LogP contribution in [0.1, 0.15) is 32.1 Å². The molecule has 4 nitrogen and oxygen atoms in total. The Morgan fingerprint density at radius 2 is 2.00 bits per heavy atom. The Morgan fingerprint density at radius 3 is 2.68 bits per heavy atom. The van der Waals surface area contributed by atoms with Gasteiger partial charge in [-0.2, -0.15) is 0 Å². The van der Waals surface area contributed by atoms with E-state index in [-0.39, 0.29) is 11.4 Å². The van der Waals surface area contributed by atoms with Crippen LogP contribution in [0.3, 0.4) is 0 Å². The molecule has 0 unspecified atom stereocenters. The highest BCUT2D eigenvalue weighted by atomic mass is 16.5. The van der Waals surface area contributed by atoms with Gasteiger partial charge in [-0.15, -0.1) is 0 Å². The molecule has 1 aliphatic carbocycles. The summed E-state index contributed by atoms with van der Waals surface area (Å²) in [4.78, 5) is 14.7. The van der Waals surface area contributed by atoms with Crippen molar-refractivity contribution in [1.82, 2.24) is 0 Å². The lowest BCUT2D eigenvalue weighted by atomic mass is 9.78. The lowest BCUT2D eigenvalue weighted by Gasteiger charge is -2.48. The zero-order valence-electron chi connectivity index (χ0n) is 11.5. The summed E-state index contributed by atoms with van der Waals surface area (Å²) in [5, 5.41) is 3.06. The van der Waals surface area contributed by atoms with Gasteiger partial charge >= 0.3 is 0 Å². The highest BCUT2D eigenvalue weighted by Gasteiger charge is 2.47. The average Bonchev–Trinajstić information content (AvgIpc) is 2.45. The van der Waals surface area contributed by atoms with Crippen LogP contribution in [0.25, 0.3) is 0 Å². The molecule has 1 saturated carbocycles. The SMILES string of the molecule is COc1cccc2c1N(C)C1(CCCCC1)C(=O)N2. The van der Waals surface area contributed by atoms with Crippen LogP contribution in [0.4, 0.5) is 11.4 Å². The Balaban J connectivity index is 2.10. The molecule has 0 aromatic heterocycles. The van der Waals surface area contributed by atoms with Gasteiger partial charge in [-0.05, 0) is 25.0 Å². The molecular weight excluding hydrogens is 240 g/mol. The van der Waals surface area contributed by atoms with E-state index in [9.17, 15) is 4.79 Å². The van der Waals surface area contributed by atoms with Crippen molar-refractivity contribution in [3.05, 3.63) is 18.2 Å². The number of nitrogens with zero attached hydrogens (tertiary/aromatic N) is 1. The van der Waals surface area contributed by atoms with Crippen molar-refractivity contribution in [3.63, 3.8) is 0 Å². The second-order valence-corrected chi connectivity index (χ2v) is 5.46. The van der Waals surface area contributed by atoms with E-state index in [1.54, 1.807) is 7.11 Å². The fourth-order valence-electron chi connectivity index (χ4n) is 3.44. The van der Waals surface area contributed by atoms with Crippen molar-refractivity contribution in [3.8, 4) is 5.75 Å². The van der Waals surface area contributed by atoms with Crippen LogP contribution in [-0.2, 0) is 4.79 Å². The molecule has 2 aliphatic rings. The molecule has 4 heteroatoms. The minimum Gasteiger partial charge on any atom is -0.495 e. The highest BCUT2D eigenvalue weighted by Crippen LogP contribution is 2.47. The van der Waals surface area contributed by atoms with Gasteiger partial charge in [0.1, 0.15) is 17.0 Å². The van der Waals surface area contributed by atoms with Gasteiger partial charge in [-0.1, -0.05) is 25.3 Å². The second-order valence-electron chi connectivity index (χ2n) is 5.46. The summed E-state index contributed by atoms with van der Waals surface area (Å²) in [5.74, 6) is 0.959.